The molecule has 3 heterocycles. The summed E-state index contributed by atoms with van der Waals surface area (Å²) in [5, 5.41) is 0. The first-order valence-electron chi connectivity index (χ1n) is 22.3. The molecule has 0 amide bonds. The molecule has 0 aromatic heterocycles. The minimum atomic E-state index is -4.23. The summed E-state index contributed by atoms with van der Waals surface area (Å²) in [5.41, 5.74) is 0. The molecule has 4 bridgehead atoms. The molecule has 0 spiro atoms. The van der Waals surface area contributed by atoms with Crippen LogP contribution in [0.2, 0.25) is 42.3 Å². The van der Waals surface area contributed by atoms with E-state index in [1.54, 1.807) is 0 Å². The molecule has 0 unspecified atom stereocenters. The van der Waals surface area contributed by atoms with Gasteiger partial charge in [0.05, 0.1) is 0 Å². The predicted molar refractivity (Wildman–Crippen MR) is 227 cm³/mol. The van der Waals surface area contributed by atoms with E-state index in [-0.39, 0.29) is 18.1 Å². The van der Waals surface area contributed by atoms with Crippen LogP contribution in [0.15, 0.2) is 0 Å². The van der Waals surface area contributed by atoms with E-state index in [2.05, 4.69) is 48.5 Å². The van der Waals surface area contributed by atoms with Crippen LogP contribution < -0.4 is 0 Å². The summed E-state index contributed by atoms with van der Waals surface area (Å²) in [7, 11) is -28.8. The minimum Gasteiger partial charge on any atom is -0.391 e. The van der Waals surface area contributed by atoms with Crippen molar-refractivity contribution < 1.29 is 51.4 Å². The Bertz CT molecular complexity index is 916. The Balaban J connectivity index is 2.41. The third kappa shape index (κ3) is 15.3. The van der Waals surface area contributed by atoms with Gasteiger partial charge in [-0.1, -0.05) is 138 Å². The normalized spacial score (nSPS) is 35.7. The first kappa shape index (κ1) is 49.4. The lowest BCUT2D eigenvalue weighted by molar-refractivity contribution is 0.00699. The molecule has 0 aromatic carbocycles. The van der Waals surface area contributed by atoms with Gasteiger partial charge in [0.25, 0.3) is 0 Å². The second kappa shape index (κ2) is 23.7. The second-order valence-electron chi connectivity index (χ2n) is 16.0. The van der Waals surface area contributed by atoms with Gasteiger partial charge in [-0.15, -0.1) is 0 Å². The van der Waals surface area contributed by atoms with Gasteiger partial charge in [-0.25, -0.2) is 0 Å². The molecule has 3 N–H and O–H groups in total. The highest BCUT2D eigenvalue weighted by atomic mass is 28.6. The number of rotatable bonds is 28. The van der Waals surface area contributed by atoms with Crippen molar-refractivity contribution in [2.24, 2.45) is 0 Å². The first-order valence-corrected chi connectivity index (χ1v) is 35.9. The summed E-state index contributed by atoms with van der Waals surface area (Å²) in [5.74, 6) is 0. The zero-order valence-electron chi connectivity index (χ0n) is 35.3. The smallest absolute Gasteiger partial charge is 0.391 e. The van der Waals surface area contributed by atoms with Crippen molar-refractivity contribution in [1.29, 1.82) is 0 Å². The van der Waals surface area contributed by atoms with Crippen molar-refractivity contribution in [3.63, 3.8) is 0 Å². The van der Waals surface area contributed by atoms with E-state index in [0.29, 0.717) is 43.4 Å². The maximum atomic E-state index is 12.9. The van der Waals surface area contributed by atoms with Crippen LogP contribution >= 0.6 is 0 Å². The molecule has 0 aliphatic carbocycles. The average molecular weight is 890 g/mol. The summed E-state index contributed by atoms with van der Waals surface area (Å²) >= 11 is 0. The van der Waals surface area contributed by atoms with Crippen molar-refractivity contribution in [2.45, 2.75) is 226 Å². The summed E-state index contributed by atoms with van der Waals surface area (Å²) in [4.78, 5) is 38.7. The first-order chi connectivity index (χ1) is 25.8. The van der Waals surface area contributed by atoms with E-state index in [1.807, 2.05) is 0 Å². The number of hydrogen-bond donors (Lipinski definition) is 3. The topological polar surface area (TPSA) is 144 Å². The average Bonchev–Trinajstić information content (AvgIpc) is 3.07. The molecule has 320 valence electrons. The van der Waals surface area contributed by atoms with Crippen LogP contribution in [0, 0.1) is 0 Å². The van der Waals surface area contributed by atoms with Crippen LogP contribution in [0.1, 0.15) is 183 Å². The van der Waals surface area contributed by atoms with Crippen molar-refractivity contribution >= 4 is 61.6 Å². The number of unbranched alkanes of at least 4 members (excludes halogenated alkanes) is 14. The largest absolute Gasteiger partial charge is 0.483 e. The van der Waals surface area contributed by atoms with Gasteiger partial charge in [0, 0.05) is 42.3 Å². The van der Waals surface area contributed by atoms with Gasteiger partial charge in [0.1, 0.15) is 0 Å². The van der Waals surface area contributed by atoms with Crippen LogP contribution in [-0.2, 0) is 37.0 Å². The highest BCUT2D eigenvalue weighted by molar-refractivity contribution is 6.98. The molecule has 0 aromatic rings. The van der Waals surface area contributed by atoms with E-state index < -0.39 is 61.6 Å². The second-order valence-corrected chi connectivity index (χ2v) is 36.6. The standard InChI is InChI=1S/C35H80O12Si7/c1-8-15-22-29-48(36)39-51(32-25-18-11-4)41-49(37,30-23-16-9-2)43-53(34-27-20-13-6)44-50(38,31-24-17-10-3)42-52(40-48,33-26-19-12-5)46-54(45-51,47-53)35-28-21-14-7/h36-38H,8-35H2,1-7H3. The Morgan fingerprint density at radius 3 is 0.593 bits per heavy atom. The van der Waals surface area contributed by atoms with Crippen molar-refractivity contribution in [2.75, 3.05) is 0 Å². The van der Waals surface area contributed by atoms with Crippen molar-refractivity contribution in [1.82, 2.24) is 0 Å². The molecule has 19 heteroatoms. The lowest BCUT2D eigenvalue weighted by Crippen LogP contribution is -2.82. The van der Waals surface area contributed by atoms with Gasteiger partial charge < -0.3 is 51.4 Å². The van der Waals surface area contributed by atoms with Gasteiger partial charge >= 0.3 is 61.6 Å². The van der Waals surface area contributed by atoms with Gasteiger partial charge in [-0.05, 0) is 44.9 Å². The highest BCUT2D eigenvalue weighted by Crippen LogP contribution is 2.48. The van der Waals surface area contributed by atoms with E-state index in [1.165, 1.54) is 0 Å². The monoisotopic (exact) mass is 888 g/mol. The molecule has 3 saturated heterocycles. The summed E-state index contributed by atoms with van der Waals surface area (Å²) in [6, 6.07) is 2.37. The molecule has 3 rings (SSSR count). The SMILES string of the molecule is CCCCC[Si]1(O)O[Si]2(CCCCC)O[Si](O)(CCCCC)O[Si]3(CCCCC)O[Si](O)(CCCCC)O[Si](CCCCC)(O1)O[Si](CCCCC)(O2)O3. The number of hydrogen-bond acceptors (Lipinski definition) is 12. The van der Waals surface area contributed by atoms with Crippen molar-refractivity contribution in [3.8, 4) is 0 Å². The van der Waals surface area contributed by atoms with Crippen molar-refractivity contribution in [3.05, 3.63) is 0 Å². The van der Waals surface area contributed by atoms with E-state index in [4.69, 9.17) is 37.0 Å². The Morgan fingerprint density at radius 1 is 0.241 bits per heavy atom. The summed E-state index contributed by atoms with van der Waals surface area (Å²) < 4.78 is 65.2. The Morgan fingerprint density at radius 2 is 0.407 bits per heavy atom. The molecule has 0 atom stereocenters. The fourth-order valence-corrected chi connectivity index (χ4v) is 45.2. The third-order valence-corrected chi connectivity index (χ3v) is 39.9. The molecular formula is C35H80O12Si7. The van der Waals surface area contributed by atoms with Crippen LogP contribution in [0.3, 0.4) is 0 Å². The van der Waals surface area contributed by atoms with Crippen LogP contribution in [-0.4, -0.2) is 76.0 Å². The molecular weight excluding hydrogens is 809 g/mol. The predicted octanol–water partition coefficient (Wildman–Crippen LogP) is 10.1. The van der Waals surface area contributed by atoms with Gasteiger partial charge in [0.2, 0.25) is 0 Å². The van der Waals surface area contributed by atoms with E-state index >= 15 is 0 Å². The third-order valence-electron chi connectivity index (χ3n) is 10.5. The zero-order chi connectivity index (χ0) is 39.7. The van der Waals surface area contributed by atoms with Crippen LogP contribution in [0.4, 0.5) is 0 Å². The fourth-order valence-electron chi connectivity index (χ4n) is 7.56. The lowest BCUT2D eigenvalue weighted by atomic mass is 10.3. The maximum absolute atomic E-state index is 12.9. The summed E-state index contributed by atoms with van der Waals surface area (Å²) in [6.45, 7) is 15.0. The van der Waals surface area contributed by atoms with E-state index in [0.717, 1.165) is 116 Å². The molecule has 54 heavy (non-hydrogen) atoms. The molecule has 3 aliphatic rings. The molecule has 0 saturated carbocycles. The molecule has 12 nitrogen and oxygen atoms in total. The van der Waals surface area contributed by atoms with Crippen LogP contribution in [0.5, 0.6) is 0 Å². The maximum Gasteiger partial charge on any atom is 0.483 e. The van der Waals surface area contributed by atoms with Crippen LogP contribution in [0.25, 0.3) is 0 Å². The highest BCUT2D eigenvalue weighted by Gasteiger charge is 2.76. The Hall–Kier alpha value is 1.04. The van der Waals surface area contributed by atoms with Gasteiger partial charge in [0.15, 0.2) is 0 Å². The quantitative estimate of drug-likeness (QED) is 0.0508. The van der Waals surface area contributed by atoms with E-state index in [9.17, 15) is 14.4 Å². The molecule has 0 radical (unpaired) electrons. The molecule has 3 fully saturated rings. The summed E-state index contributed by atoms with van der Waals surface area (Å²) in [6.07, 6.45) is 17.9. The Kier molecular flexibility index (Phi) is 21.7. The van der Waals surface area contributed by atoms with Gasteiger partial charge in [-0.2, -0.15) is 0 Å². The molecule has 3 aliphatic heterocycles. The Labute approximate surface area is 337 Å². The lowest BCUT2D eigenvalue weighted by Gasteiger charge is -2.57. The van der Waals surface area contributed by atoms with Gasteiger partial charge in [-0.3, -0.25) is 0 Å². The fraction of sp³-hybridized carbons (Fsp3) is 1.00. The number of fused-ring (bicyclic) bond motifs is 3. The minimum absolute atomic E-state index is 0.264. The zero-order valence-corrected chi connectivity index (χ0v) is 42.3.